The molecule has 0 aliphatic rings. The highest BCUT2D eigenvalue weighted by atomic mass is 32.1. The Morgan fingerprint density at radius 2 is 0.875 bits per heavy atom. The Kier molecular flexibility index (Phi) is 8.39. The summed E-state index contributed by atoms with van der Waals surface area (Å²) in [7, 11) is 0. The fourth-order valence-corrected chi connectivity index (χ4v) is 9.72. The van der Waals surface area contributed by atoms with Crippen molar-refractivity contribution in [1.29, 1.82) is 0 Å². The van der Waals surface area contributed by atoms with Crippen LogP contribution in [-0.2, 0) is 0 Å². The highest BCUT2D eigenvalue weighted by molar-refractivity contribution is 7.27. The zero-order chi connectivity index (χ0) is 37.8. The predicted octanol–water partition coefficient (Wildman–Crippen LogP) is 15.9. The Morgan fingerprint density at radius 3 is 1.54 bits per heavy atom. The molecular formula is C53H40N2S. The maximum absolute atomic E-state index is 2.44. The van der Waals surface area contributed by atoms with Gasteiger partial charge in [0.25, 0.3) is 0 Å². The van der Waals surface area contributed by atoms with Crippen LogP contribution >= 0.6 is 11.3 Å². The molecule has 10 aromatic rings. The summed E-state index contributed by atoms with van der Waals surface area (Å²) in [4.78, 5) is 4.75. The van der Waals surface area contributed by atoms with Crippen LogP contribution in [0.2, 0.25) is 0 Å². The lowest BCUT2D eigenvalue weighted by Gasteiger charge is -2.29. The number of aryl methyl sites for hydroxylation is 2. The van der Waals surface area contributed by atoms with Gasteiger partial charge < -0.3 is 9.80 Å². The third-order valence-corrected chi connectivity index (χ3v) is 12.5. The molecule has 0 bridgehead atoms. The molecule has 10 rings (SSSR count). The number of fused-ring (bicyclic) bond motifs is 8. The van der Waals surface area contributed by atoms with E-state index in [9.17, 15) is 0 Å². The minimum absolute atomic E-state index is 1.13. The molecule has 9 aromatic carbocycles. The minimum Gasteiger partial charge on any atom is -0.311 e. The van der Waals surface area contributed by atoms with Crippen molar-refractivity contribution in [2.75, 3.05) is 9.80 Å². The molecule has 2 nitrogen and oxygen atoms in total. The lowest BCUT2D eigenvalue weighted by molar-refractivity contribution is 1.20. The van der Waals surface area contributed by atoms with Crippen molar-refractivity contribution in [2.24, 2.45) is 0 Å². The van der Waals surface area contributed by atoms with E-state index in [4.69, 9.17) is 0 Å². The molecule has 0 fully saturated rings. The molecule has 0 radical (unpaired) electrons. The lowest BCUT2D eigenvalue weighted by atomic mass is 9.94. The molecule has 0 unspecified atom stereocenters. The Morgan fingerprint density at radius 1 is 0.357 bits per heavy atom. The van der Waals surface area contributed by atoms with Crippen molar-refractivity contribution in [2.45, 2.75) is 20.8 Å². The van der Waals surface area contributed by atoms with Crippen molar-refractivity contribution in [3.8, 4) is 11.1 Å². The van der Waals surface area contributed by atoms with Gasteiger partial charge in [-0.15, -0.1) is 11.3 Å². The Hall–Kier alpha value is -6.68. The van der Waals surface area contributed by atoms with Crippen LogP contribution < -0.4 is 9.80 Å². The van der Waals surface area contributed by atoms with Crippen LogP contribution in [0.15, 0.2) is 188 Å². The van der Waals surface area contributed by atoms with Crippen LogP contribution in [0.4, 0.5) is 34.1 Å². The third-order valence-electron chi connectivity index (χ3n) is 11.3. The zero-order valence-electron chi connectivity index (χ0n) is 31.7. The molecule has 56 heavy (non-hydrogen) atoms. The first-order valence-corrected chi connectivity index (χ1v) is 20.1. The first kappa shape index (κ1) is 33.9. The minimum atomic E-state index is 1.13. The number of para-hydroxylation sites is 3. The van der Waals surface area contributed by atoms with E-state index in [0.717, 1.165) is 22.7 Å². The second-order valence-electron chi connectivity index (χ2n) is 14.7. The Balaban J connectivity index is 1.10. The fraction of sp³-hybridized carbons (Fsp3) is 0.0566. The SMILES string of the molecule is Cc1ccc(C)c(N(c2ccccc2)c2ccc3c(c2)sc2c4ccc(-c5ccc(N(c6ccccc6)c6ccccc6)cc5)cc4c4ccccc4c32)c1C. The van der Waals surface area contributed by atoms with Gasteiger partial charge in [-0.1, -0.05) is 121 Å². The van der Waals surface area contributed by atoms with E-state index < -0.39 is 0 Å². The first-order chi connectivity index (χ1) is 27.5. The highest BCUT2D eigenvalue weighted by Gasteiger charge is 2.21. The molecule has 268 valence electrons. The molecular weight excluding hydrogens is 697 g/mol. The number of hydrogen-bond donors (Lipinski definition) is 0. The molecule has 3 heteroatoms. The molecule has 0 saturated carbocycles. The van der Waals surface area contributed by atoms with E-state index in [2.05, 4.69) is 219 Å². The zero-order valence-corrected chi connectivity index (χ0v) is 32.5. The maximum atomic E-state index is 2.44. The molecule has 1 heterocycles. The molecule has 0 spiro atoms. The summed E-state index contributed by atoms with van der Waals surface area (Å²) in [5.74, 6) is 0. The quantitative estimate of drug-likeness (QED) is 0.150. The largest absolute Gasteiger partial charge is 0.311 e. The molecule has 0 N–H and O–H groups in total. The first-order valence-electron chi connectivity index (χ1n) is 19.3. The number of benzene rings is 9. The molecule has 0 saturated heterocycles. The van der Waals surface area contributed by atoms with Gasteiger partial charge in [0, 0.05) is 54.0 Å². The average Bonchev–Trinajstić information content (AvgIpc) is 3.64. The van der Waals surface area contributed by atoms with Crippen molar-refractivity contribution < 1.29 is 0 Å². The monoisotopic (exact) mass is 736 g/mol. The van der Waals surface area contributed by atoms with E-state index in [-0.39, 0.29) is 0 Å². The Labute approximate surface area is 332 Å². The van der Waals surface area contributed by atoms with Gasteiger partial charge in [0.1, 0.15) is 0 Å². The predicted molar refractivity (Wildman–Crippen MR) is 243 cm³/mol. The van der Waals surface area contributed by atoms with Crippen molar-refractivity contribution in [3.63, 3.8) is 0 Å². The Bertz CT molecular complexity index is 3000. The number of hydrogen-bond acceptors (Lipinski definition) is 3. The van der Waals surface area contributed by atoms with E-state index in [1.807, 2.05) is 11.3 Å². The van der Waals surface area contributed by atoms with E-state index in [0.29, 0.717) is 0 Å². The van der Waals surface area contributed by atoms with Crippen LogP contribution in [-0.4, -0.2) is 0 Å². The van der Waals surface area contributed by atoms with Crippen molar-refractivity contribution in [3.05, 3.63) is 205 Å². The summed E-state index contributed by atoms with van der Waals surface area (Å²) < 4.78 is 2.63. The van der Waals surface area contributed by atoms with Crippen LogP contribution in [0.1, 0.15) is 16.7 Å². The summed E-state index contributed by atoms with van der Waals surface area (Å²) >= 11 is 1.91. The highest BCUT2D eigenvalue weighted by Crippen LogP contribution is 2.48. The van der Waals surface area contributed by atoms with Crippen LogP contribution in [0.25, 0.3) is 52.8 Å². The molecule has 0 atom stereocenters. The second kappa shape index (κ2) is 13.9. The van der Waals surface area contributed by atoms with Gasteiger partial charge in [-0.05, 0) is 131 Å². The molecule has 0 aliphatic heterocycles. The van der Waals surface area contributed by atoms with Gasteiger partial charge in [0.15, 0.2) is 0 Å². The van der Waals surface area contributed by atoms with Crippen molar-refractivity contribution >= 4 is 87.2 Å². The normalized spacial score (nSPS) is 11.5. The summed E-state index contributed by atoms with van der Waals surface area (Å²) in [6.07, 6.45) is 0. The van der Waals surface area contributed by atoms with Gasteiger partial charge >= 0.3 is 0 Å². The average molecular weight is 737 g/mol. The number of anilines is 6. The summed E-state index contributed by atoms with van der Waals surface area (Å²) in [5, 5.41) is 7.81. The standard InChI is InChI=1S/C53H40N2S/c1-35-23-24-36(2)52(37(35)3)55(42-19-11-6-12-20-42)44-30-32-48-50(34-44)56-53-47-31-27-39(33-49(47)45-21-13-14-22-46(45)51(48)53)38-25-28-43(29-26-38)54(40-15-7-4-8-16-40)41-17-9-5-10-18-41/h4-34H,1-3H3. The summed E-state index contributed by atoms with van der Waals surface area (Å²) in [5.41, 5.74) is 13.3. The number of rotatable bonds is 7. The van der Waals surface area contributed by atoms with E-state index in [1.54, 1.807) is 0 Å². The van der Waals surface area contributed by atoms with E-state index >= 15 is 0 Å². The van der Waals surface area contributed by atoms with Crippen LogP contribution in [0.3, 0.4) is 0 Å². The van der Waals surface area contributed by atoms with Gasteiger partial charge in [-0.2, -0.15) is 0 Å². The van der Waals surface area contributed by atoms with Gasteiger partial charge in [-0.25, -0.2) is 0 Å². The number of thiophene rings is 1. The number of nitrogens with zero attached hydrogens (tertiary/aromatic N) is 2. The summed E-state index contributed by atoms with van der Waals surface area (Å²) in [6.45, 7) is 6.68. The molecule has 0 amide bonds. The smallest absolute Gasteiger partial charge is 0.0522 e. The lowest BCUT2D eigenvalue weighted by Crippen LogP contribution is -2.13. The maximum Gasteiger partial charge on any atom is 0.0522 e. The fourth-order valence-electron chi connectivity index (χ4n) is 8.43. The van der Waals surface area contributed by atoms with Crippen molar-refractivity contribution in [1.82, 2.24) is 0 Å². The van der Waals surface area contributed by atoms with Crippen LogP contribution in [0.5, 0.6) is 0 Å². The van der Waals surface area contributed by atoms with Crippen LogP contribution in [0, 0.1) is 20.8 Å². The topological polar surface area (TPSA) is 6.48 Å². The third kappa shape index (κ3) is 5.71. The summed E-state index contributed by atoms with van der Waals surface area (Å²) in [6, 6.07) is 68.5. The second-order valence-corrected chi connectivity index (χ2v) is 15.7. The molecule has 0 aliphatic carbocycles. The van der Waals surface area contributed by atoms with E-state index in [1.165, 1.54) is 80.9 Å². The molecule has 1 aromatic heterocycles. The van der Waals surface area contributed by atoms with Gasteiger partial charge in [0.05, 0.1) is 5.69 Å². The van der Waals surface area contributed by atoms with Gasteiger partial charge in [-0.3, -0.25) is 0 Å². The van der Waals surface area contributed by atoms with Gasteiger partial charge in [0.2, 0.25) is 0 Å².